The Hall–Kier alpha value is -1.87. The van der Waals surface area contributed by atoms with Gasteiger partial charge in [-0.1, -0.05) is 0 Å². The lowest BCUT2D eigenvalue weighted by Crippen LogP contribution is -2.19. The van der Waals surface area contributed by atoms with Crippen LogP contribution in [0.25, 0.3) is 0 Å². The first kappa shape index (κ1) is 10.6. The molecule has 6 nitrogen and oxygen atoms in total. The molecule has 2 N–H and O–H groups in total. The maximum absolute atomic E-state index is 8.45. The standard InChI is InChI=1S/C10H13N5O/c11-6-13-10-4-9(14-7-15-10)12-5-8-2-1-3-16-8/h4,7-8H,1-3,5H2,(H2,12,13,14,15). The van der Waals surface area contributed by atoms with Gasteiger partial charge in [0.25, 0.3) is 0 Å². The molecule has 6 heteroatoms. The van der Waals surface area contributed by atoms with E-state index < -0.39 is 0 Å². The van der Waals surface area contributed by atoms with E-state index in [9.17, 15) is 0 Å². The molecule has 0 spiro atoms. The van der Waals surface area contributed by atoms with Gasteiger partial charge in [-0.15, -0.1) is 0 Å². The van der Waals surface area contributed by atoms with Crippen LogP contribution < -0.4 is 10.6 Å². The SMILES string of the molecule is N#CNc1cc(NCC2CCCO2)ncn1. The highest BCUT2D eigenvalue weighted by Crippen LogP contribution is 2.13. The van der Waals surface area contributed by atoms with Gasteiger partial charge in [0.2, 0.25) is 0 Å². The second kappa shape index (κ2) is 5.28. The summed E-state index contributed by atoms with van der Waals surface area (Å²) in [7, 11) is 0. The number of hydrogen-bond acceptors (Lipinski definition) is 6. The van der Waals surface area contributed by atoms with Crippen LogP contribution >= 0.6 is 0 Å². The Labute approximate surface area is 93.7 Å². The van der Waals surface area contributed by atoms with Crippen LogP contribution in [0.15, 0.2) is 12.4 Å². The number of nitrogens with zero attached hydrogens (tertiary/aromatic N) is 3. The van der Waals surface area contributed by atoms with Crippen molar-refractivity contribution in [2.24, 2.45) is 0 Å². The molecule has 0 radical (unpaired) electrons. The molecule has 1 atom stereocenters. The molecule has 1 aliphatic heterocycles. The van der Waals surface area contributed by atoms with Gasteiger partial charge >= 0.3 is 0 Å². The zero-order chi connectivity index (χ0) is 11.2. The molecular formula is C10H13N5O. The molecule has 16 heavy (non-hydrogen) atoms. The van der Waals surface area contributed by atoms with Gasteiger partial charge in [0, 0.05) is 19.2 Å². The first-order valence-electron chi connectivity index (χ1n) is 5.21. The molecule has 0 aromatic carbocycles. The lowest BCUT2D eigenvalue weighted by atomic mass is 10.2. The summed E-state index contributed by atoms with van der Waals surface area (Å²) in [6, 6.07) is 1.69. The van der Waals surface area contributed by atoms with E-state index in [0.29, 0.717) is 11.6 Å². The molecular weight excluding hydrogens is 206 g/mol. The number of anilines is 2. The van der Waals surface area contributed by atoms with E-state index in [1.165, 1.54) is 6.33 Å². The molecule has 84 valence electrons. The number of rotatable bonds is 4. The number of aromatic nitrogens is 2. The molecule has 1 fully saturated rings. The predicted molar refractivity (Wildman–Crippen MR) is 58.7 cm³/mol. The van der Waals surface area contributed by atoms with Gasteiger partial charge < -0.3 is 10.1 Å². The van der Waals surface area contributed by atoms with Gasteiger partial charge in [-0.3, -0.25) is 5.32 Å². The van der Waals surface area contributed by atoms with Crippen molar-refractivity contribution in [1.29, 1.82) is 5.26 Å². The molecule has 2 heterocycles. The Morgan fingerprint density at radius 1 is 1.50 bits per heavy atom. The van der Waals surface area contributed by atoms with Crippen molar-refractivity contribution in [3.05, 3.63) is 12.4 Å². The summed E-state index contributed by atoms with van der Waals surface area (Å²) in [5.74, 6) is 1.19. The third kappa shape index (κ3) is 2.81. The van der Waals surface area contributed by atoms with E-state index in [1.54, 1.807) is 6.07 Å². The third-order valence-corrected chi connectivity index (χ3v) is 2.39. The lowest BCUT2D eigenvalue weighted by molar-refractivity contribution is 0.120. The smallest absolute Gasteiger partial charge is 0.182 e. The van der Waals surface area contributed by atoms with Crippen LogP contribution in [0.5, 0.6) is 0 Å². The maximum atomic E-state index is 8.45. The Kier molecular flexibility index (Phi) is 3.51. The molecule has 1 aromatic rings. The van der Waals surface area contributed by atoms with Gasteiger partial charge in [-0.2, -0.15) is 5.26 Å². The molecule has 1 aromatic heterocycles. The number of nitrogens with one attached hydrogen (secondary N) is 2. The van der Waals surface area contributed by atoms with Crippen molar-refractivity contribution in [3.8, 4) is 6.19 Å². The van der Waals surface area contributed by atoms with Crippen LogP contribution in [-0.2, 0) is 4.74 Å². The minimum atomic E-state index is 0.266. The third-order valence-electron chi connectivity index (χ3n) is 2.39. The van der Waals surface area contributed by atoms with Gasteiger partial charge in [-0.25, -0.2) is 9.97 Å². The van der Waals surface area contributed by atoms with Crippen LogP contribution in [0.3, 0.4) is 0 Å². The molecule has 2 rings (SSSR count). The molecule has 1 aliphatic rings. The topological polar surface area (TPSA) is 82.9 Å². The van der Waals surface area contributed by atoms with E-state index >= 15 is 0 Å². The lowest BCUT2D eigenvalue weighted by Gasteiger charge is -2.11. The van der Waals surface area contributed by atoms with Crippen LogP contribution in [-0.4, -0.2) is 29.2 Å². The molecule has 0 aliphatic carbocycles. The molecule has 1 unspecified atom stereocenters. The summed E-state index contributed by atoms with van der Waals surface area (Å²) in [6.07, 6.45) is 5.70. The number of hydrogen-bond donors (Lipinski definition) is 2. The zero-order valence-electron chi connectivity index (χ0n) is 8.81. The van der Waals surface area contributed by atoms with Crippen LogP contribution in [0.4, 0.5) is 11.6 Å². The molecule has 1 saturated heterocycles. The van der Waals surface area contributed by atoms with Crippen molar-refractivity contribution >= 4 is 11.6 Å². The average molecular weight is 219 g/mol. The largest absolute Gasteiger partial charge is 0.376 e. The Morgan fingerprint density at radius 2 is 2.38 bits per heavy atom. The summed E-state index contributed by atoms with van der Waals surface area (Å²) in [6.45, 7) is 1.58. The van der Waals surface area contributed by atoms with Crippen molar-refractivity contribution in [1.82, 2.24) is 9.97 Å². The second-order valence-electron chi connectivity index (χ2n) is 3.54. The highest BCUT2D eigenvalue weighted by molar-refractivity contribution is 5.48. The molecule has 0 bridgehead atoms. The van der Waals surface area contributed by atoms with Gasteiger partial charge in [0.15, 0.2) is 6.19 Å². The summed E-state index contributed by atoms with van der Waals surface area (Å²) >= 11 is 0. The fourth-order valence-corrected chi connectivity index (χ4v) is 1.60. The maximum Gasteiger partial charge on any atom is 0.182 e. The van der Waals surface area contributed by atoms with Crippen LogP contribution in [0.2, 0.25) is 0 Å². The van der Waals surface area contributed by atoms with Gasteiger partial charge in [0.1, 0.15) is 18.0 Å². The Balaban J connectivity index is 1.88. The van der Waals surface area contributed by atoms with Crippen LogP contribution in [0, 0.1) is 11.5 Å². The van der Waals surface area contributed by atoms with Gasteiger partial charge in [0.05, 0.1) is 6.10 Å². The highest BCUT2D eigenvalue weighted by atomic mass is 16.5. The van der Waals surface area contributed by atoms with E-state index in [4.69, 9.17) is 10.00 Å². The number of ether oxygens (including phenoxy) is 1. The van der Waals surface area contributed by atoms with E-state index in [0.717, 1.165) is 26.0 Å². The zero-order valence-corrected chi connectivity index (χ0v) is 8.81. The first-order chi connectivity index (χ1) is 7.88. The minimum absolute atomic E-state index is 0.266. The van der Waals surface area contributed by atoms with E-state index in [-0.39, 0.29) is 6.10 Å². The Morgan fingerprint density at radius 3 is 3.12 bits per heavy atom. The average Bonchev–Trinajstić information content (AvgIpc) is 2.80. The fraction of sp³-hybridized carbons (Fsp3) is 0.500. The number of nitriles is 1. The van der Waals surface area contributed by atoms with Gasteiger partial charge in [-0.05, 0) is 12.8 Å². The van der Waals surface area contributed by atoms with E-state index in [1.807, 2.05) is 6.19 Å². The summed E-state index contributed by atoms with van der Waals surface area (Å²) in [4.78, 5) is 7.95. The fourth-order valence-electron chi connectivity index (χ4n) is 1.60. The molecule has 0 saturated carbocycles. The highest BCUT2D eigenvalue weighted by Gasteiger charge is 2.14. The predicted octanol–water partition coefficient (Wildman–Crippen LogP) is 0.960. The van der Waals surface area contributed by atoms with Crippen molar-refractivity contribution < 1.29 is 4.74 Å². The summed E-state index contributed by atoms with van der Waals surface area (Å²) in [5, 5.41) is 14.1. The minimum Gasteiger partial charge on any atom is -0.376 e. The summed E-state index contributed by atoms with van der Waals surface area (Å²) < 4.78 is 5.48. The quantitative estimate of drug-likeness (QED) is 0.579. The monoisotopic (exact) mass is 219 g/mol. The van der Waals surface area contributed by atoms with Crippen molar-refractivity contribution in [2.75, 3.05) is 23.8 Å². The van der Waals surface area contributed by atoms with Crippen LogP contribution in [0.1, 0.15) is 12.8 Å². The van der Waals surface area contributed by atoms with Crippen molar-refractivity contribution in [2.45, 2.75) is 18.9 Å². The Bertz CT molecular complexity index is 383. The van der Waals surface area contributed by atoms with E-state index in [2.05, 4.69) is 20.6 Å². The molecule has 0 amide bonds. The second-order valence-corrected chi connectivity index (χ2v) is 3.54. The van der Waals surface area contributed by atoms with Crippen molar-refractivity contribution in [3.63, 3.8) is 0 Å². The first-order valence-corrected chi connectivity index (χ1v) is 5.21. The summed E-state index contributed by atoms with van der Waals surface area (Å²) in [5.41, 5.74) is 0. The normalized spacial score (nSPS) is 19.1.